The predicted octanol–water partition coefficient (Wildman–Crippen LogP) is 4.31. The van der Waals surface area contributed by atoms with Crippen molar-refractivity contribution in [1.29, 1.82) is 0 Å². The first kappa shape index (κ1) is 23.8. The Morgan fingerprint density at radius 1 is 1.09 bits per heavy atom. The lowest BCUT2D eigenvalue weighted by Gasteiger charge is -2.26. The number of aryl methyl sites for hydroxylation is 2. The molecule has 1 amide bonds. The number of sulfonamides is 1. The van der Waals surface area contributed by atoms with Crippen LogP contribution in [-0.4, -0.2) is 43.4 Å². The van der Waals surface area contributed by atoms with Crippen molar-refractivity contribution in [2.75, 3.05) is 30.3 Å². The van der Waals surface area contributed by atoms with E-state index in [9.17, 15) is 13.2 Å². The number of hydrogen-bond donors (Lipinski definition) is 2. The second-order valence-corrected chi connectivity index (χ2v) is 10.2. The Labute approximate surface area is 199 Å². The van der Waals surface area contributed by atoms with Gasteiger partial charge in [-0.1, -0.05) is 23.7 Å². The number of carbonyl (C=O) groups is 1. The van der Waals surface area contributed by atoms with Crippen molar-refractivity contribution in [2.24, 2.45) is 0 Å². The number of carbonyl (C=O) groups excluding carboxylic acids is 1. The van der Waals surface area contributed by atoms with Crippen LogP contribution in [0.2, 0.25) is 0 Å². The summed E-state index contributed by atoms with van der Waals surface area (Å²) >= 11 is 0. The van der Waals surface area contributed by atoms with Crippen LogP contribution in [0.4, 0.5) is 11.6 Å². The summed E-state index contributed by atoms with van der Waals surface area (Å²) in [5.74, 6) is 0.881. The maximum atomic E-state index is 13.2. The molecule has 3 aromatic rings. The molecular formula is C24H28N4O5S. The highest BCUT2D eigenvalue weighted by atomic mass is 32.2. The maximum Gasteiger partial charge on any atom is 0.246 e. The fourth-order valence-electron chi connectivity index (χ4n) is 3.74. The molecule has 1 aliphatic heterocycles. The number of rotatable bonds is 8. The Hall–Kier alpha value is -3.37. The van der Waals surface area contributed by atoms with E-state index < -0.39 is 10.0 Å². The van der Waals surface area contributed by atoms with Gasteiger partial charge < -0.3 is 14.6 Å². The number of piperidine rings is 1. The molecule has 0 unspecified atom stereocenters. The van der Waals surface area contributed by atoms with Crippen LogP contribution >= 0.6 is 0 Å². The summed E-state index contributed by atoms with van der Waals surface area (Å²) in [5.41, 5.74) is 2.06. The van der Waals surface area contributed by atoms with E-state index in [0.717, 1.165) is 24.8 Å². The van der Waals surface area contributed by atoms with Crippen LogP contribution in [0.25, 0.3) is 0 Å². The summed E-state index contributed by atoms with van der Waals surface area (Å²) in [6, 6.07) is 13.8. The van der Waals surface area contributed by atoms with E-state index in [-0.39, 0.29) is 23.2 Å². The Morgan fingerprint density at radius 2 is 1.88 bits per heavy atom. The molecule has 1 fully saturated rings. The summed E-state index contributed by atoms with van der Waals surface area (Å²) in [4.78, 5) is 12.6. The molecule has 0 atom stereocenters. The molecule has 2 heterocycles. The van der Waals surface area contributed by atoms with E-state index in [2.05, 4.69) is 15.8 Å². The molecule has 0 aliphatic carbocycles. The molecule has 1 saturated heterocycles. The smallest absolute Gasteiger partial charge is 0.246 e. The number of benzene rings is 2. The molecule has 34 heavy (non-hydrogen) atoms. The van der Waals surface area contributed by atoms with Gasteiger partial charge >= 0.3 is 0 Å². The van der Waals surface area contributed by atoms with E-state index >= 15 is 0 Å². The average molecular weight is 485 g/mol. The normalized spacial score (nSPS) is 14.5. The third-order valence-corrected chi connectivity index (χ3v) is 7.35. The van der Waals surface area contributed by atoms with Gasteiger partial charge in [-0.15, -0.1) is 0 Å². The molecule has 9 nitrogen and oxygen atoms in total. The van der Waals surface area contributed by atoms with Gasteiger partial charge in [0.1, 0.15) is 5.75 Å². The number of hydrogen-bond acceptors (Lipinski definition) is 7. The number of ether oxygens (including phenoxy) is 1. The molecule has 0 saturated carbocycles. The molecule has 0 spiro atoms. The molecule has 1 aliphatic rings. The quantitative estimate of drug-likeness (QED) is 0.490. The Morgan fingerprint density at radius 3 is 2.59 bits per heavy atom. The first-order chi connectivity index (χ1) is 16.3. The third kappa shape index (κ3) is 5.75. The van der Waals surface area contributed by atoms with Crippen LogP contribution in [0.15, 0.2) is 57.9 Å². The number of nitrogens with one attached hydrogen (secondary N) is 2. The van der Waals surface area contributed by atoms with Crippen molar-refractivity contribution in [1.82, 2.24) is 9.46 Å². The second-order valence-electron chi connectivity index (χ2n) is 8.28. The van der Waals surface area contributed by atoms with Gasteiger partial charge in [0.25, 0.3) is 0 Å². The topological polar surface area (TPSA) is 114 Å². The highest BCUT2D eigenvalue weighted by Crippen LogP contribution is 2.33. The molecule has 180 valence electrons. The van der Waals surface area contributed by atoms with Crippen molar-refractivity contribution in [2.45, 2.75) is 38.0 Å². The molecule has 2 aromatic carbocycles. The van der Waals surface area contributed by atoms with Crippen molar-refractivity contribution in [3.63, 3.8) is 0 Å². The van der Waals surface area contributed by atoms with Crippen LogP contribution in [-0.2, 0) is 14.8 Å². The number of amides is 1. The van der Waals surface area contributed by atoms with Crippen molar-refractivity contribution < 1.29 is 22.5 Å². The summed E-state index contributed by atoms with van der Waals surface area (Å²) in [6.07, 6.45) is 2.72. The Balaban J connectivity index is 1.58. The maximum absolute atomic E-state index is 13.2. The van der Waals surface area contributed by atoms with Crippen LogP contribution in [0.5, 0.6) is 11.5 Å². The second kappa shape index (κ2) is 10.3. The Bertz CT molecular complexity index is 1270. The lowest BCUT2D eigenvalue weighted by atomic mass is 10.2. The van der Waals surface area contributed by atoms with Crippen molar-refractivity contribution in [3.8, 4) is 11.5 Å². The highest BCUT2D eigenvalue weighted by Gasteiger charge is 2.27. The first-order valence-electron chi connectivity index (χ1n) is 11.2. The lowest BCUT2D eigenvalue weighted by molar-refractivity contribution is -0.114. The SMILES string of the molecule is Cc1cccc(Oc2ccc(S(=O)(=O)N3CCCCC3)cc2NCC(=O)Nc2cc(C)no2)c1. The van der Waals surface area contributed by atoms with Gasteiger partial charge in [-0.25, -0.2) is 8.42 Å². The molecular weight excluding hydrogens is 456 g/mol. The van der Waals surface area contributed by atoms with E-state index in [1.165, 1.54) is 16.4 Å². The average Bonchev–Trinajstić information content (AvgIpc) is 3.23. The fourth-order valence-corrected chi connectivity index (χ4v) is 5.28. The van der Waals surface area contributed by atoms with Crippen LogP contribution in [0.3, 0.4) is 0 Å². The van der Waals surface area contributed by atoms with Gasteiger partial charge in [0.15, 0.2) is 5.75 Å². The van der Waals surface area contributed by atoms with Gasteiger partial charge in [-0.05, 0) is 62.6 Å². The minimum Gasteiger partial charge on any atom is -0.455 e. The summed E-state index contributed by atoms with van der Waals surface area (Å²) in [6.45, 7) is 4.59. The molecule has 10 heteroatoms. The van der Waals surface area contributed by atoms with Crippen LogP contribution in [0, 0.1) is 13.8 Å². The van der Waals surface area contributed by atoms with Gasteiger partial charge in [0.2, 0.25) is 21.8 Å². The van der Waals surface area contributed by atoms with Crippen molar-refractivity contribution >= 4 is 27.5 Å². The fraction of sp³-hybridized carbons (Fsp3) is 0.333. The van der Waals surface area contributed by atoms with Gasteiger partial charge in [-0.2, -0.15) is 4.31 Å². The van der Waals surface area contributed by atoms with E-state index in [4.69, 9.17) is 9.26 Å². The third-order valence-electron chi connectivity index (χ3n) is 5.45. The number of aromatic nitrogens is 1. The molecule has 2 N–H and O–H groups in total. The zero-order valence-electron chi connectivity index (χ0n) is 19.2. The highest BCUT2D eigenvalue weighted by molar-refractivity contribution is 7.89. The Kier molecular flexibility index (Phi) is 7.18. The molecule has 0 bridgehead atoms. The van der Waals surface area contributed by atoms with E-state index in [1.54, 1.807) is 19.1 Å². The first-order valence-corrected chi connectivity index (χ1v) is 12.6. The van der Waals surface area contributed by atoms with E-state index in [1.807, 2.05) is 31.2 Å². The summed E-state index contributed by atoms with van der Waals surface area (Å²) in [5, 5.41) is 9.35. The van der Waals surface area contributed by atoms with Crippen LogP contribution < -0.4 is 15.4 Å². The molecule has 4 rings (SSSR count). The lowest BCUT2D eigenvalue weighted by Crippen LogP contribution is -2.35. The molecule has 0 radical (unpaired) electrons. The largest absolute Gasteiger partial charge is 0.455 e. The predicted molar refractivity (Wildman–Crippen MR) is 129 cm³/mol. The number of nitrogens with zero attached hydrogens (tertiary/aromatic N) is 2. The minimum atomic E-state index is -3.65. The standard InChI is InChI=1S/C24H28N4O5S/c1-17-7-6-8-19(13-17)32-22-10-9-20(34(30,31)28-11-4-3-5-12-28)15-21(22)25-16-23(29)26-24-14-18(2)27-33-24/h6-10,13-15,25H,3-5,11-12,16H2,1-2H3,(H,26,29). The van der Waals surface area contributed by atoms with Gasteiger partial charge in [-0.3, -0.25) is 10.1 Å². The zero-order chi connectivity index (χ0) is 24.1. The van der Waals surface area contributed by atoms with Crippen molar-refractivity contribution in [3.05, 3.63) is 59.8 Å². The summed E-state index contributed by atoms with van der Waals surface area (Å²) in [7, 11) is -3.65. The minimum absolute atomic E-state index is 0.128. The van der Waals surface area contributed by atoms with Gasteiger partial charge in [0, 0.05) is 19.2 Å². The van der Waals surface area contributed by atoms with Gasteiger partial charge in [0.05, 0.1) is 22.8 Å². The molecule has 1 aromatic heterocycles. The summed E-state index contributed by atoms with van der Waals surface area (Å²) < 4.78 is 38.9. The zero-order valence-corrected chi connectivity index (χ0v) is 20.0. The van der Waals surface area contributed by atoms with E-state index in [0.29, 0.717) is 36.0 Å². The van der Waals surface area contributed by atoms with Crippen LogP contribution in [0.1, 0.15) is 30.5 Å². The number of anilines is 2. The monoisotopic (exact) mass is 484 g/mol.